The molecule has 114 valence electrons. The summed E-state index contributed by atoms with van der Waals surface area (Å²) in [6.45, 7) is 0. The van der Waals surface area contributed by atoms with E-state index in [1.807, 2.05) is 24.4 Å². The van der Waals surface area contributed by atoms with Gasteiger partial charge in [0.05, 0.1) is 11.4 Å². The van der Waals surface area contributed by atoms with Crippen LogP contribution in [-0.4, -0.2) is 33.6 Å². The van der Waals surface area contributed by atoms with Crippen molar-refractivity contribution in [3.8, 4) is 0 Å². The van der Waals surface area contributed by atoms with Crippen LogP contribution in [0.4, 0.5) is 0 Å². The molecule has 0 aromatic carbocycles. The molecule has 0 unspecified atom stereocenters. The van der Waals surface area contributed by atoms with Crippen molar-refractivity contribution in [2.45, 2.75) is 62.8 Å². The van der Waals surface area contributed by atoms with Crippen molar-refractivity contribution >= 4 is 17.7 Å². The first-order chi connectivity index (χ1) is 10.3. The summed E-state index contributed by atoms with van der Waals surface area (Å²) in [5.41, 5.74) is 1.06. The zero-order valence-corrected chi connectivity index (χ0v) is 13.4. The predicted molar refractivity (Wildman–Crippen MR) is 87.1 cm³/mol. The molecule has 3 nitrogen and oxygen atoms in total. The highest BCUT2D eigenvalue weighted by Crippen LogP contribution is 2.34. The third-order valence-corrected chi connectivity index (χ3v) is 5.35. The van der Waals surface area contributed by atoms with E-state index >= 15 is 0 Å². The van der Waals surface area contributed by atoms with Crippen LogP contribution in [0.5, 0.6) is 0 Å². The molecule has 1 aromatic rings. The van der Waals surface area contributed by atoms with Crippen LogP contribution in [0.1, 0.15) is 50.6 Å². The first-order valence-electron chi connectivity index (χ1n) is 8.13. The Kier molecular flexibility index (Phi) is 5.17. The Morgan fingerprint density at radius 3 is 2.57 bits per heavy atom. The smallest absolute Gasteiger partial charge is 0.233 e. The van der Waals surface area contributed by atoms with E-state index in [4.69, 9.17) is 0 Å². The first-order valence-corrected chi connectivity index (χ1v) is 9.29. The molecule has 21 heavy (non-hydrogen) atoms. The number of aromatic nitrogens is 1. The summed E-state index contributed by atoms with van der Waals surface area (Å²) < 4.78 is 0. The van der Waals surface area contributed by atoms with Gasteiger partial charge in [-0.1, -0.05) is 25.3 Å². The number of nitrogens with zero attached hydrogens (tertiary/aromatic N) is 2. The highest BCUT2D eigenvalue weighted by atomic mass is 32.2. The fourth-order valence-electron chi connectivity index (χ4n) is 3.22. The average Bonchev–Trinajstić information content (AvgIpc) is 3.34. The van der Waals surface area contributed by atoms with Gasteiger partial charge in [0, 0.05) is 24.0 Å². The number of hydrogen-bond acceptors (Lipinski definition) is 3. The lowest BCUT2D eigenvalue weighted by Crippen LogP contribution is -2.44. The Morgan fingerprint density at radius 2 is 1.90 bits per heavy atom. The Labute approximate surface area is 131 Å². The molecule has 1 aromatic heterocycles. The summed E-state index contributed by atoms with van der Waals surface area (Å²) >= 11 is 1.70. The molecule has 0 atom stereocenters. The number of carbonyl (C=O) groups excluding carboxylic acids is 1. The highest BCUT2D eigenvalue weighted by molar-refractivity contribution is 7.99. The van der Waals surface area contributed by atoms with E-state index in [0.29, 0.717) is 23.7 Å². The second kappa shape index (κ2) is 7.30. The number of carbonyl (C=O) groups is 1. The van der Waals surface area contributed by atoms with E-state index in [9.17, 15) is 4.79 Å². The van der Waals surface area contributed by atoms with E-state index < -0.39 is 0 Å². The molecule has 0 N–H and O–H groups in total. The maximum atomic E-state index is 12.6. The molecule has 2 saturated carbocycles. The minimum Gasteiger partial charge on any atom is -0.336 e. The quantitative estimate of drug-likeness (QED) is 0.804. The van der Waals surface area contributed by atoms with E-state index in [-0.39, 0.29) is 0 Å². The van der Waals surface area contributed by atoms with E-state index in [2.05, 4.69) is 9.88 Å². The molecule has 4 heteroatoms. The van der Waals surface area contributed by atoms with E-state index in [1.165, 1.54) is 44.9 Å². The molecule has 1 amide bonds. The lowest BCUT2D eigenvalue weighted by atomic mass is 9.94. The van der Waals surface area contributed by atoms with Crippen molar-refractivity contribution in [3.63, 3.8) is 0 Å². The highest BCUT2D eigenvalue weighted by Gasteiger charge is 2.37. The summed E-state index contributed by atoms with van der Waals surface area (Å²) in [7, 11) is 0. The number of rotatable bonds is 6. The molecule has 0 radical (unpaired) electrons. The van der Waals surface area contributed by atoms with Crippen molar-refractivity contribution in [1.82, 2.24) is 9.88 Å². The van der Waals surface area contributed by atoms with Crippen LogP contribution in [0.25, 0.3) is 0 Å². The molecule has 1 heterocycles. The van der Waals surface area contributed by atoms with Gasteiger partial charge in [-0.25, -0.2) is 0 Å². The SMILES string of the molecule is O=C(CSCc1ccccn1)N(C1CCCCC1)C1CC1. The van der Waals surface area contributed by atoms with Crippen LogP contribution in [0, 0.1) is 0 Å². The topological polar surface area (TPSA) is 33.2 Å². The van der Waals surface area contributed by atoms with Crippen molar-refractivity contribution in [2.24, 2.45) is 0 Å². The van der Waals surface area contributed by atoms with Crippen molar-refractivity contribution < 1.29 is 4.79 Å². The maximum absolute atomic E-state index is 12.6. The monoisotopic (exact) mass is 304 g/mol. The summed E-state index contributed by atoms with van der Waals surface area (Å²) in [5.74, 6) is 1.78. The number of amides is 1. The Balaban J connectivity index is 1.50. The third kappa shape index (κ3) is 4.22. The fourth-order valence-corrected chi connectivity index (χ4v) is 4.02. The molecule has 0 saturated heterocycles. The molecule has 2 fully saturated rings. The predicted octanol–water partition coefficient (Wildman–Crippen LogP) is 3.64. The third-order valence-electron chi connectivity index (χ3n) is 4.40. The molecule has 0 spiro atoms. The van der Waals surface area contributed by atoms with Gasteiger partial charge in [-0.2, -0.15) is 0 Å². The summed E-state index contributed by atoms with van der Waals surface area (Å²) in [6.07, 6.45) is 10.6. The fraction of sp³-hybridized carbons (Fsp3) is 0.647. The Bertz CT molecular complexity index is 455. The summed E-state index contributed by atoms with van der Waals surface area (Å²) in [5, 5.41) is 0. The lowest BCUT2D eigenvalue weighted by molar-refractivity contribution is -0.132. The second-order valence-electron chi connectivity index (χ2n) is 6.14. The number of thioether (sulfide) groups is 1. The van der Waals surface area contributed by atoms with Crippen molar-refractivity contribution in [1.29, 1.82) is 0 Å². The van der Waals surface area contributed by atoms with Crippen LogP contribution in [0.3, 0.4) is 0 Å². The Morgan fingerprint density at radius 1 is 1.14 bits per heavy atom. The second-order valence-corrected chi connectivity index (χ2v) is 7.12. The summed E-state index contributed by atoms with van der Waals surface area (Å²) in [6, 6.07) is 7.03. The van der Waals surface area contributed by atoms with Gasteiger partial charge in [0.25, 0.3) is 0 Å². The van der Waals surface area contributed by atoms with Crippen molar-refractivity contribution in [2.75, 3.05) is 5.75 Å². The summed E-state index contributed by atoms with van der Waals surface area (Å²) in [4.78, 5) is 19.2. The molecule has 2 aliphatic rings. The maximum Gasteiger partial charge on any atom is 0.233 e. The van der Waals surface area contributed by atoms with Gasteiger partial charge < -0.3 is 4.90 Å². The molecule has 0 bridgehead atoms. The molecule has 3 rings (SSSR count). The van der Waals surface area contributed by atoms with Crippen LogP contribution >= 0.6 is 11.8 Å². The standard InChI is InChI=1S/C17H24N2OS/c20-17(13-21-12-14-6-4-5-11-18-14)19(16-9-10-16)15-7-2-1-3-8-15/h4-6,11,15-16H,1-3,7-10,12-13H2. The van der Waals surface area contributed by atoms with Gasteiger partial charge in [-0.3, -0.25) is 9.78 Å². The van der Waals surface area contributed by atoms with E-state index in [1.54, 1.807) is 11.8 Å². The molecule has 2 aliphatic carbocycles. The Hall–Kier alpha value is -1.03. The largest absolute Gasteiger partial charge is 0.336 e. The lowest BCUT2D eigenvalue weighted by Gasteiger charge is -2.34. The number of pyridine rings is 1. The first kappa shape index (κ1) is 14.9. The minimum atomic E-state index is 0.352. The van der Waals surface area contributed by atoms with Gasteiger partial charge in [0.2, 0.25) is 5.91 Å². The number of hydrogen-bond donors (Lipinski definition) is 0. The van der Waals surface area contributed by atoms with Gasteiger partial charge >= 0.3 is 0 Å². The van der Waals surface area contributed by atoms with Gasteiger partial charge in [-0.15, -0.1) is 11.8 Å². The van der Waals surface area contributed by atoms with Gasteiger partial charge in [-0.05, 0) is 37.8 Å². The average molecular weight is 304 g/mol. The van der Waals surface area contributed by atoms with E-state index in [0.717, 1.165) is 11.4 Å². The van der Waals surface area contributed by atoms with Crippen LogP contribution in [-0.2, 0) is 10.5 Å². The zero-order chi connectivity index (χ0) is 14.5. The minimum absolute atomic E-state index is 0.352. The van der Waals surface area contributed by atoms with Crippen LogP contribution < -0.4 is 0 Å². The molecular formula is C17H24N2OS. The molecule has 0 aliphatic heterocycles. The normalized spacial score (nSPS) is 19.4. The van der Waals surface area contributed by atoms with Crippen LogP contribution in [0.2, 0.25) is 0 Å². The van der Waals surface area contributed by atoms with Crippen LogP contribution in [0.15, 0.2) is 24.4 Å². The molecular weight excluding hydrogens is 280 g/mol. The van der Waals surface area contributed by atoms with Gasteiger partial charge in [0.1, 0.15) is 0 Å². The van der Waals surface area contributed by atoms with Crippen molar-refractivity contribution in [3.05, 3.63) is 30.1 Å². The van der Waals surface area contributed by atoms with Gasteiger partial charge in [0.15, 0.2) is 0 Å². The zero-order valence-electron chi connectivity index (χ0n) is 12.5.